The van der Waals surface area contributed by atoms with Crippen LogP contribution in [0.15, 0.2) is 12.1 Å². The molecule has 1 fully saturated rings. The van der Waals surface area contributed by atoms with Crippen molar-refractivity contribution >= 4 is 5.69 Å². The summed E-state index contributed by atoms with van der Waals surface area (Å²) in [6, 6.07) is 2.87. The van der Waals surface area contributed by atoms with Gasteiger partial charge in [0.1, 0.15) is 0 Å². The van der Waals surface area contributed by atoms with Crippen LogP contribution in [0.2, 0.25) is 0 Å². The van der Waals surface area contributed by atoms with Gasteiger partial charge in [-0.1, -0.05) is 0 Å². The Morgan fingerprint density at radius 2 is 1.82 bits per heavy atom. The van der Waals surface area contributed by atoms with E-state index in [4.69, 9.17) is 18.9 Å². The lowest BCUT2D eigenvalue weighted by Gasteiger charge is -2.10. The van der Waals surface area contributed by atoms with E-state index in [1.54, 1.807) is 0 Å². The molecule has 17 heavy (non-hydrogen) atoms. The Labute approximate surface area is 96.0 Å². The third-order valence-electron chi connectivity index (χ3n) is 2.59. The second-order valence-electron chi connectivity index (χ2n) is 3.59. The zero-order chi connectivity index (χ0) is 11.8. The number of rotatable bonds is 2. The summed E-state index contributed by atoms with van der Waals surface area (Å²) < 4.78 is 20.8. The first kappa shape index (κ1) is 10.3. The van der Waals surface area contributed by atoms with Crippen molar-refractivity contribution < 1.29 is 23.9 Å². The van der Waals surface area contributed by atoms with E-state index in [9.17, 15) is 10.1 Å². The summed E-state index contributed by atoms with van der Waals surface area (Å²) in [5.41, 5.74) is 0.276. The van der Waals surface area contributed by atoms with E-state index in [2.05, 4.69) is 0 Å². The molecule has 0 bridgehead atoms. The van der Waals surface area contributed by atoms with Gasteiger partial charge < -0.3 is 18.9 Å². The minimum absolute atomic E-state index is 0.0717. The van der Waals surface area contributed by atoms with E-state index in [-0.39, 0.29) is 12.5 Å². The van der Waals surface area contributed by atoms with Gasteiger partial charge in [-0.15, -0.1) is 0 Å². The molecule has 0 amide bonds. The highest BCUT2D eigenvalue weighted by atomic mass is 16.7. The molecular formula is C10H9NO6. The number of fused-ring (bicyclic) bond motifs is 1. The van der Waals surface area contributed by atoms with E-state index in [0.717, 1.165) is 0 Å². The predicted octanol–water partition coefficient (Wildman–Crippen LogP) is 1.37. The lowest BCUT2D eigenvalue weighted by atomic mass is 10.1. The Hall–Kier alpha value is -1.86. The molecule has 1 aromatic carbocycles. The normalized spacial score (nSPS) is 18.6. The van der Waals surface area contributed by atoms with Crippen LogP contribution in [0.3, 0.4) is 0 Å². The molecule has 3 rings (SSSR count). The molecule has 0 aliphatic carbocycles. The Morgan fingerprint density at radius 1 is 1.18 bits per heavy atom. The average Bonchev–Trinajstić information content (AvgIpc) is 2.98. The molecule has 0 N–H and O–H groups in total. The van der Waals surface area contributed by atoms with Gasteiger partial charge in [0.05, 0.1) is 29.8 Å². The maximum atomic E-state index is 11.0. The van der Waals surface area contributed by atoms with Gasteiger partial charge in [0.25, 0.3) is 5.69 Å². The summed E-state index contributed by atoms with van der Waals surface area (Å²) >= 11 is 0. The molecule has 7 heteroatoms. The third kappa shape index (κ3) is 1.69. The summed E-state index contributed by atoms with van der Waals surface area (Å²) in [4.78, 5) is 10.5. The quantitative estimate of drug-likeness (QED) is 0.572. The number of benzene rings is 1. The van der Waals surface area contributed by atoms with E-state index >= 15 is 0 Å². The summed E-state index contributed by atoms with van der Waals surface area (Å²) in [5, 5.41) is 11.0. The molecule has 2 heterocycles. The van der Waals surface area contributed by atoms with Gasteiger partial charge in [0.15, 0.2) is 17.8 Å². The van der Waals surface area contributed by atoms with E-state index in [1.165, 1.54) is 12.1 Å². The standard InChI is InChI=1S/C10H9NO6/c12-11(13)7-4-9-8(16-5-17-9)3-6(7)10-14-1-2-15-10/h3-4,10H,1-2,5H2. The summed E-state index contributed by atoms with van der Waals surface area (Å²) in [6.45, 7) is 0.925. The maximum Gasteiger partial charge on any atom is 0.281 e. The van der Waals surface area contributed by atoms with Gasteiger partial charge in [0.2, 0.25) is 6.79 Å². The Kier molecular flexibility index (Phi) is 2.34. The second-order valence-corrected chi connectivity index (χ2v) is 3.59. The van der Waals surface area contributed by atoms with Gasteiger partial charge in [-0.2, -0.15) is 0 Å². The first-order valence-corrected chi connectivity index (χ1v) is 5.07. The average molecular weight is 239 g/mol. The zero-order valence-corrected chi connectivity index (χ0v) is 8.75. The molecule has 0 atom stereocenters. The van der Waals surface area contributed by atoms with Gasteiger partial charge in [0, 0.05) is 0 Å². The summed E-state index contributed by atoms with van der Waals surface area (Å²) in [5.74, 6) is 0.850. The first-order valence-electron chi connectivity index (χ1n) is 5.07. The zero-order valence-electron chi connectivity index (χ0n) is 8.75. The van der Waals surface area contributed by atoms with Crippen molar-refractivity contribution in [3.8, 4) is 11.5 Å². The molecule has 90 valence electrons. The SMILES string of the molecule is O=[N+]([O-])c1cc2c(cc1C1OCCO1)OCO2. The predicted molar refractivity (Wildman–Crippen MR) is 53.9 cm³/mol. The minimum atomic E-state index is -0.704. The summed E-state index contributed by atoms with van der Waals surface area (Å²) in [6.07, 6.45) is -0.704. The van der Waals surface area contributed by atoms with Gasteiger partial charge in [-0.25, -0.2) is 0 Å². The topological polar surface area (TPSA) is 80.1 Å². The highest BCUT2D eigenvalue weighted by Gasteiger charge is 2.31. The highest BCUT2D eigenvalue weighted by molar-refractivity contribution is 5.55. The van der Waals surface area contributed by atoms with Crippen LogP contribution in [-0.4, -0.2) is 24.9 Å². The minimum Gasteiger partial charge on any atom is -0.454 e. The maximum absolute atomic E-state index is 11.0. The third-order valence-corrected chi connectivity index (χ3v) is 2.59. The van der Waals surface area contributed by atoms with E-state index in [0.29, 0.717) is 30.3 Å². The molecule has 2 aliphatic rings. The monoisotopic (exact) mass is 239 g/mol. The summed E-state index contributed by atoms with van der Waals surface area (Å²) in [7, 11) is 0. The van der Waals surface area contributed by atoms with Crippen molar-refractivity contribution in [1.29, 1.82) is 0 Å². The van der Waals surface area contributed by atoms with Crippen LogP contribution < -0.4 is 9.47 Å². The Bertz CT molecular complexity index is 468. The van der Waals surface area contributed by atoms with Crippen LogP contribution >= 0.6 is 0 Å². The largest absolute Gasteiger partial charge is 0.454 e. The molecule has 1 aromatic rings. The van der Waals surface area contributed by atoms with Crippen LogP contribution in [0.4, 0.5) is 5.69 Å². The van der Waals surface area contributed by atoms with Crippen molar-refractivity contribution in [2.45, 2.75) is 6.29 Å². The van der Waals surface area contributed by atoms with Gasteiger partial charge in [-0.05, 0) is 6.07 Å². The first-order chi connectivity index (χ1) is 8.25. The molecule has 2 aliphatic heterocycles. The molecule has 0 aromatic heterocycles. The van der Waals surface area contributed by atoms with Crippen LogP contribution in [0.5, 0.6) is 11.5 Å². The van der Waals surface area contributed by atoms with Crippen LogP contribution in [0.25, 0.3) is 0 Å². The van der Waals surface area contributed by atoms with Gasteiger partial charge >= 0.3 is 0 Å². The molecule has 0 unspecified atom stereocenters. The van der Waals surface area contributed by atoms with Crippen molar-refractivity contribution in [1.82, 2.24) is 0 Å². The van der Waals surface area contributed by atoms with Crippen molar-refractivity contribution in [2.24, 2.45) is 0 Å². The number of nitro benzene ring substituents is 1. The van der Waals surface area contributed by atoms with Crippen LogP contribution in [0, 0.1) is 10.1 Å². The molecule has 7 nitrogen and oxygen atoms in total. The number of nitrogens with zero attached hydrogens (tertiary/aromatic N) is 1. The van der Waals surface area contributed by atoms with Crippen LogP contribution in [0.1, 0.15) is 11.9 Å². The second kappa shape index (κ2) is 3.86. The smallest absolute Gasteiger partial charge is 0.281 e. The fraction of sp³-hybridized carbons (Fsp3) is 0.400. The number of hydrogen-bond acceptors (Lipinski definition) is 6. The Morgan fingerprint density at radius 3 is 2.47 bits per heavy atom. The van der Waals surface area contributed by atoms with Crippen molar-refractivity contribution in [3.63, 3.8) is 0 Å². The van der Waals surface area contributed by atoms with Crippen molar-refractivity contribution in [3.05, 3.63) is 27.8 Å². The van der Waals surface area contributed by atoms with Gasteiger partial charge in [-0.3, -0.25) is 10.1 Å². The molecule has 0 spiro atoms. The molecular weight excluding hydrogens is 230 g/mol. The number of ether oxygens (including phenoxy) is 4. The lowest BCUT2D eigenvalue weighted by Crippen LogP contribution is -2.03. The fourth-order valence-electron chi connectivity index (χ4n) is 1.83. The van der Waals surface area contributed by atoms with E-state index in [1.807, 2.05) is 0 Å². The van der Waals surface area contributed by atoms with Crippen LogP contribution in [-0.2, 0) is 9.47 Å². The molecule has 0 saturated carbocycles. The molecule has 0 radical (unpaired) electrons. The lowest BCUT2D eigenvalue weighted by molar-refractivity contribution is -0.386. The fourth-order valence-corrected chi connectivity index (χ4v) is 1.83. The van der Waals surface area contributed by atoms with Crippen molar-refractivity contribution in [2.75, 3.05) is 20.0 Å². The molecule has 1 saturated heterocycles. The number of nitro groups is 1. The Balaban J connectivity index is 2.07. The number of hydrogen-bond donors (Lipinski definition) is 0. The van der Waals surface area contributed by atoms with E-state index < -0.39 is 11.2 Å². The highest BCUT2D eigenvalue weighted by Crippen LogP contribution is 2.41.